The fourth-order valence-corrected chi connectivity index (χ4v) is 1.42. The molecule has 1 heterocycles. The van der Waals surface area contributed by atoms with Crippen LogP contribution in [-0.4, -0.2) is 38.1 Å². The third-order valence-corrected chi connectivity index (χ3v) is 2.00. The Bertz CT molecular complexity index is 224. The van der Waals surface area contributed by atoms with E-state index in [1.54, 1.807) is 0 Å². The van der Waals surface area contributed by atoms with Gasteiger partial charge in [0.25, 0.3) is 0 Å². The van der Waals surface area contributed by atoms with Crippen LogP contribution in [0.4, 0.5) is 13.2 Å². The molecule has 0 aromatic carbocycles. The molecule has 1 fully saturated rings. The second-order valence-electron chi connectivity index (χ2n) is 3.02. The van der Waals surface area contributed by atoms with Crippen molar-refractivity contribution in [3.8, 4) is 0 Å². The van der Waals surface area contributed by atoms with Crippen LogP contribution in [0.5, 0.6) is 0 Å². The summed E-state index contributed by atoms with van der Waals surface area (Å²) in [6.07, 6.45) is -5.56. The van der Waals surface area contributed by atoms with Crippen molar-refractivity contribution >= 4 is 5.97 Å². The predicted octanol–water partition coefficient (Wildman–Crippen LogP) is -3.60. The summed E-state index contributed by atoms with van der Waals surface area (Å²) in [4.78, 5) is 10.9. The number of esters is 1. The van der Waals surface area contributed by atoms with E-state index in [0.29, 0.717) is 0 Å². The molecule has 1 rings (SSSR count). The molecule has 0 unspecified atom stereocenters. The molecule has 0 aromatic rings. The van der Waals surface area contributed by atoms with Gasteiger partial charge in [-0.05, 0) is 0 Å². The van der Waals surface area contributed by atoms with Crippen molar-refractivity contribution in [3.63, 3.8) is 0 Å². The second-order valence-corrected chi connectivity index (χ2v) is 3.02. The number of ether oxygens (including phenoxy) is 2. The molecule has 4 nitrogen and oxygen atoms in total. The van der Waals surface area contributed by atoms with Gasteiger partial charge in [-0.2, -0.15) is 0 Å². The first kappa shape index (κ1) is 14.5. The first-order valence-corrected chi connectivity index (χ1v) is 4.08. The Morgan fingerprint density at radius 2 is 2.07 bits per heavy atom. The number of hydrogen-bond donors (Lipinski definition) is 1. The van der Waals surface area contributed by atoms with Crippen molar-refractivity contribution in [2.75, 3.05) is 13.7 Å². The fourth-order valence-electron chi connectivity index (χ4n) is 1.42. The van der Waals surface area contributed by atoms with Crippen LogP contribution in [0.25, 0.3) is 0 Å². The highest BCUT2D eigenvalue weighted by atomic mass is 35.5. The predicted molar refractivity (Wildman–Crippen MR) is 38.1 cm³/mol. The second kappa shape index (κ2) is 5.53. The minimum absolute atomic E-state index is 0. The summed E-state index contributed by atoms with van der Waals surface area (Å²) in [5.41, 5.74) is 0. The lowest BCUT2D eigenvalue weighted by molar-refractivity contribution is -0.662. The average Bonchev–Trinajstić information content (AvgIpc) is 2.48. The molecule has 0 saturated carbocycles. The van der Waals surface area contributed by atoms with Gasteiger partial charge in [0.1, 0.15) is 12.6 Å². The Kier molecular flexibility index (Phi) is 5.33. The zero-order valence-electron chi connectivity index (χ0n) is 7.88. The lowest BCUT2D eigenvalue weighted by Gasteiger charge is -2.10. The first-order chi connectivity index (χ1) is 6.42. The Labute approximate surface area is 90.5 Å². The molecule has 0 aromatic heterocycles. The molecule has 0 amide bonds. The number of nitrogens with two attached hydrogens (primary N) is 1. The standard InChI is InChI=1S/C7H10F3NO3.ClH/c1-13-6(12)5-2-4(3-11-5)14-7(8,9)10;/h4-5,11H,2-3H2,1H3;1H/t4-,5-;/m0./s1. The molecule has 8 heteroatoms. The molecule has 15 heavy (non-hydrogen) atoms. The Hall–Kier alpha value is -0.530. The summed E-state index contributed by atoms with van der Waals surface area (Å²) in [6, 6.07) is -0.577. The number of carbonyl (C=O) groups is 1. The number of quaternary nitrogens is 1. The fraction of sp³-hybridized carbons (Fsp3) is 0.857. The number of hydrogen-bond acceptors (Lipinski definition) is 3. The van der Waals surface area contributed by atoms with E-state index in [0.717, 1.165) is 0 Å². The summed E-state index contributed by atoms with van der Waals surface area (Å²) in [5, 5.41) is 1.49. The van der Waals surface area contributed by atoms with Crippen molar-refractivity contribution in [3.05, 3.63) is 0 Å². The van der Waals surface area contributed by atoms with Crippen molar-refractivity contribution in [2.24, 2.45) is 0 Å². The molecule has 1 aliphatic heterocycles. The lowest BCUT2D eigenvalue weighted by atomic mass is 10.2. The maximum absolute atomic E-state index is 11.8. The summed E-state index contributed by atoms with van der Waals surface area (Å²) in [7, 11) is 1.20. The van der Waals surface area contributed by atoms with Crippen LogP contribution in [0, 0.1) is 0 Å². The summed E-state index contributed by atoms with van der Waals surface area (Å²) in [6.45, 7) is 0.124. The van der Waals surface area contributed by atoms with Crippen LogP contribution >= 0.6 is 0 Å². The van der Waals surface area contributed by atoms with Gasteiger partial charge in [0.15, 0.2) is 6.04 Å². The largest absolute Gasteiger partial charge is 1.00 e. The number of halogens is 4. The zero-order valence-corrected chi connectivity index (χ0v) is 8.64. The van der Waals surface area contributed by atoms with E-state index in [1.807, 2.05) is 0 Å². The van der Waals surface area contributed by atoms with Gasteiger partial charge in [-0.25, -0.2) is 4.79 Å². The van der Waals surface area contributed by atoms with E-state index in [2.05, 4.69) is 9.47 Å². The van der Waals surface area contributed by atoms with Gasteiger partial charge in [-0.1, -0.05) is 0 Å². The van der Waals surface area contributed by atoms with E-state index >= 15 is 0 Å². The van der Waals surface area contributed by atoms with E-state index < -0.39 is 24.5 Å². The maximum atomic E-state index is 11.8. The maximum Gasteiger partial charge on any atom is 0.522 e. The molecular formula is C7H11ClF3NO3. The van der Waals surface area contributed by atoms with Crippen LogP contribution in [0.3, 0.4) is 0 Å². The van der Waals surface area contributed by atoms with Crippen molar-refractivity contribution < 1.29 is 45.2 Å². The van der Waals surface area contributed by atoms with Gasteiger partial charge < -0.3 is 22.5 Å². The van der Waals surface area contributed by atoms with E-state index in [4.69, 9.17) is 0 Å². The lowest BCUT2D eigenvalue weighted by Crippen LogP contribution is -3.00. The van der Waals surface area contributed by atoms with Crippen LogP contribution in [-0.2, 0) is 14.3 Å². The molecule has 0 bridgehead atoms. The summed E-state index contributed by atoms with van der Waals surface area (Å²) in [5.74, 6) is -0.515. The highest BCUT2D eigenvalue weighted by molar-refractivity contribution is 5.74. The minimum Gasteiger partial charge on any atom is -1.00 e. The Morgan fingerprint density at radius 3 is 2.53 bits per heavy atom. The van der Waals surface area contributed by atoms with E-state index in [-0.39, 0.29) is 25.4 Å². The molecule has 90 valence electrons. The quantitative estimate of drug-likeness (QED) is 0.515. The first-order valence-electron chi connectivity index (χ1n) is 4.08. The molecule has 2 N–H and O–H groups in total. The summed E-state index contributed by atoms with van der Waals surface area (Å²) >= 11 is 0. The monoisotopic (exact) mass is 249 g/mol. The van der Waals surface area contributed by atoms with Gasteiger partial charge >= 0.3 is 12.3 Å². The third-order valence-electron chi connectivity index (χ3n) is 2.00. The van der Waals surface area contributed by atoms with Crippen molar-refractivity contribution in [1.29, 1.82) is 0 Å². The van der Waals surface area contributed by atoms with Gasteiger partial charge in [-0.3, -0.25) is 4.74 Å². The average molecular weight is 250 g/mol. The molecule has 0 aliphatic carbocycles. The molecule has 0 radical (unpaired) electrons. The minimum atomic E-state index is -4.64. The van der Waals surface area contributed by atoms with Crippen molar-refractivity contribution in [1.82, 2.24) is 0 Å². The summed E-state index contributed by atoms with van der Waals surface area (Å²) < 4.78 is 43.5. The number of carbonyl (C=O) groups excluding carboxylic acids is 1. The molecule has 2 atom stereocenters. The smallest absolute Gasteiger partial charge is 0.522 e. The van der Waals surface area contributed by atoms with Crippen LogP contribution < -0.4 is 17.7 Å². The van der Waals surface area contributed by atoms with Gasteiger partial charge in [0.2, 0.25) is 0 Å². The topological polar surface area (TPSA) is 52.1 Å². The SMILES string of the molecule is COC(=O)[C@@H]1C[C@H](OC(F)(F)F)C[NH2+]1.[Cl-]. The molecule has 0 spiro atoms. The van der Waals surface area contributed by atoms with Crippen LogP contribution in [0.15, 0.2) is 0 Å². The number of rotatable bonds is 2. The van der Waals surface area contributed by atoms with E-state index in [9.17, 15) is 18.0 Å². The highest BCUT2D eigenvalue weighted by Gasteiger charge is 2.41. The van der Waals surface area contributed by atoms with Gasteiger partial charge in [0, 0.05) is 6.42 Å². The Balaban J connectivity index is 0.00000196. The van der Waals surface area contributed by atoms with E-state index in [1.165, 1.54) is 12.4 Å². The number of alkyl halides is 3. The molecular weight excluding hydrogens is 239 g/mol. The highest BCUT2D eigenvalue weighted by Crippen LogP contribution is 2.21. The number of methoxy groups -OCH3 is 1. The van der Waals surface area contributed by atoms with Gasteiger partial charge in [0.05, 0.1) is 7.11 Å². The molecule has 1 aliphatic rings. The van der Waals surface area contributed by atoms with Crippen LogP contribution in [0.1, 0.15) is 6.42 Å². The normalized spacial score (nSPS) is 25.9. The Morgan fingerprint density at radius 1 is 1.47 bits per heavy atom. The van der Waals surface area contributed by atoms with Gasteiger partial charge in [-0.15, -0.1) is 13.2 Å². The third kappa shape index (κ3) is 4.67. The zero-order chi connectivity index (χ0) is 10.8. The molecule has 1 saturated heterocycles. The van der Waals surface area contributed by atoms with Crippen LogP contribution in [0.2, 0.25) is 0 Å². The van der Waals surface area contributed by atoms with Crippen molar-refractivity contribution in [2.45, 2.75) is 24.9 Å².